The Bertz CT molecular complexity index is 1220. The fourth-order valence-electron chi connectivity index (χ4n) is 3.57. The van der Waals surface area contributed by atoms with Crippen molar-refractivity contribution in [3.8, 4) is 10.7 Å². The molecule has 0 aliphatic carbocycles. The minimum atomic E-state index is -0.513. The summed E-state index contributed by atoms with van der Waals surface area (Å²) in [7, 11) is 0. The third-order valence-electron chi connectivity index (χ3n) is 5.16. The van der Waals surface area contributed by atoms with Crippen molar-refractivity contribution in [1.82, 2.24) is 24.5 Å². The highest BCUT2D eigenvalue weighted by molar-refractivity contribution is 7.13. The lowest BCUT2D eigenvalue weighted by atomic mass is 10.3. The van der Waals surface area contributed by atoms with Crippen LogP contribution in [0.15, 0.2) is 55.5 Å². The highest BCUT2D eigenvalue weighted by Gasteiger charge is 2.24. The molecular formula is C20H19N5O4S. The van der Waals surface area contributed by atoms with Gasteiger partial charge in [0.15, 0.2) is 5.58 Å². The molecule has 10 heteroatoms. The number of hydrogen-bond donors (Lipinski definition) is 0. The number of carbonyl (C=O) groups excluding carboxylic acids is 1. The van der Waals surface area contributed by atoms with Crippen LogP contribution in [-0.2, 0) is 17.9 Å². The molecule has 9 nitrogen and oxygen atoms in total. The molecular weight excluding hydrogens is 406 g/mol. The van der Waals surface area contributed by atoms with Gasteiger partial charge in [-0.1, -0.05) is 23.4 Å². The van der Waals surface area contributed by atoms with Gasteiger partial charge in [0, 0.05) is 26.2 Å². The van der Waals surface area contributed by atoms with Gasteiger partial charge in [-0.25, -0.2) is 4.79 Å². The number of amides is 1. The van der Waals surface area contributed by atoms with Crippen molar-refractivity contribution in [3.05, 3.63) is 58.2 Å². The maximum absolute atomic E-state index is 12.7. The van der Waals surface area contributed by atoms with Crippen LogP contribution >= 0.6 is 11.3 Å². The Morgan fingerprint density at radius 2 is 1.93 bits per heavy atom. The van der Waals surface area contributed by atoms with Crippen molar-refractivity contribution >= 4 is 28.3 Å². The number of piperazine rings is 1. The van der Waals surface area contributed by atoms with Crippen LogP contribution in [-0.4, -0.2) is 56.6 Å². The Labute approximate surface area is 175 Å². The van der Waals surface area contributed by atoms with Gasteiger partial charge in [0.25, 0.3) is 0 Å². The number of hydrogen-bond acceptors (Lipinski definition) is 8. The number of thiophene rings is 1. The molecule has 0 radical (unpaired) electrons. The van der Waals surface area contributed by atoms with E-state index in [0.29, 0.717) is 55.5 Å². The Morgan fingerprint density at radius 1 is 1.10 bits per heavy atom. The monoisotopic (exact) mass is 425 g/mol. The summed E-state index contributed by atoms with van der Waals surface area (Å²) in [5.41, 5.74) is 1.12. The molecule has 0 atom stereocenters. The van der Waals surface area contributed by atoms with Gasteiger partial charge in [-0.05, 0) is 23.6 Å². The Balaban J connectivity index is 1.18. The number of aromatic nitrogens is 3. The number of para-hydroxylation sites is 2. The van der Waals surface area contributed by atoms with Crippen LogP contribution in [0.4, 0.5) is 0 Å². The lowest BCUT2D eigenvalue weighted by Crippen LogP contribution is -2.49. The van der Waals surface area contributed by atoms with Crippen molar-refractivity contribution in [3.63, 3.8) is 0 Å². The van der Waals surface area contributed by atoms with E-state index >= 15 is 0 Å². The summed E-state index contributed by atoms with van der Waals surface area (Å²) in [6.45, 7) is 3.08. The third-order valence-corrected chi connectivity index (χ3v) is 6.03. The Morgan fingerprint density at radius 3 is 2.73 bits per heavy atom. The minimum Gasteiger partial charge on any atom is -0.408 e. The molecule has 154 valence electrons. The SMILES string of the molecule is O=C(Cn1c(=O)oc2ccccc21)N1CCN(Cc2nc(-c3cccs3)no2)CC1. The van der Waals surface area contributed by atoms with Crippen molar-refractivity contribution in [2.75, 3.05) is 26.2 Å². The highest BCUT2D eigenvalue weighted by atomic mass is 32.1. The van der Waals surface area contributed by atoms with Gasteiger partial charge in [0.2, 0.25) is 17.6 Å². The molecule has 0 bridgehead atoms. The Hall–Kier alpha value is -3.24. The minimum absolute atomic E-state index is 0.0241. The van der Waals surface area contributed by atoms with Crippen LogP contribution in [0.1, 0.15) is 5.89 Å². The second-order valence-electron chi connectivity index (χ2n) is 7.07. The van der Waals surface area contributed by atoms with Crippen LogP contribution < -0.4 is 5.76 Å². The van der Waals surface area contributed by atoms with Crippen molar-refractivity contribution < 1.29 is 13.7 Å². The number of benzene rings is 1. The summed E-state index contributed by atoms with van der Waals surface area (Å²) in [5.74, 6) is 0.559. The molecule has 1 amide bonds. The van der Waals surface area contributed by atoms with Crippen LogP contribution in [0.25, 0.3) is 21.8 Å². The third kappa shape index (κ3) is 3.66. The van der Waals surface area contributed by atoms with Crippen molar-refractivity contribution in [2.24, 2.45) is 0 Å². The molecule has 0 N–H and O–H groups in total. The molecule has 0 unspecified atom stereocenters. The first-order valence-electron chi connectivity index (χ1n) is 9.62. The molecule has 1 aliphatic heterocycles. The van der Waals surface area contributed by atoms with Crippen LogP contribution in [0.2, 0.25) is 0 Å². The maximum Gasteiger partial charge on any atom is 0.420 e. The van der Waals surface area contributed by atoms with E-state index in [1.165, 1.54) is 4.57 Å². The normalized spacial score (nSPS) is 15.1. The molecule has 3 aromatic heterocycles. The molecule has 5 rings (SSSR count). The molecule has 1 aliphatic rings. The molecule has 0 spiro atoms. The molecule has 4 aromatic rings. The summed E-state index contributed by atoms with van der Waals surface area (Å²) in [6.07, 6.45) is 0. The zero-order chi connectivity index (χ0) is 20.5. The summed E-state index contributed by atoms with van der Waals surface area (Å²) >= 11 is 1.57. The molecule has 30 heavy (non-hydrogen) atoms. The van der Waals surface area contributed by atoms with Gasteiger partial charge in [-0.2, -0.15) is 4.98 Å². The average molecular weight is 425 g/mol. The smallest absolute Gasteiger partial charge is 0.408 e. The fraction of sp³-hybridized carbons (Fsp3) is 0.300. The number of rotatable bonds is 5. The topological polar surface area (TPSA) is 97.6 Å². The fourth-order valence-corrected chi connectivity index (χ4v) is 4.22. The standard InChI is InChI=1S/C20H19N5O4S/c26-18(13-25-14-4-1-2-5-15(14)28-20(25)27)24-9-7-23(8-10-24)12-17-21-19(22-29-17)16-6-3-11-30-16/h1-6,11H,7-10,12-13H2. The number of nitrogens with zero attached hydrogens (tertiary/aromatic N) is 5. The largest absolute Gasteiger partial charge is 0.420 e. The molecule has 1 aromatic carbocycles. The summed E-state index contributed by atoms with van der Waals surface area (Å²) in [4.78, 5) is 34.2. The van der Waals surface area contributed by atoms with Gasteiger partial charge in [0.05, 0.1) is 16.9 Å². The molecule has 1 saturated heterocycles. The highest BCUT2D eigenvalue weighted by Crippen LogP contribution is 2.21. The first kappa shape index (κ1) is 18.8. The number of fused-ring (bicyclic) bond motifs is 1. The second kappa shape index (κ2) is 7.88. The maximum atomic E-state index is 12.7. The van der Waals surface area contributed by atoms with E-state index in [9.17, 15) is 9.59 Å². The molecule has 4 heterocycles. The first-order chi connectivity index (χ1) is 14.7. The summed E-state index contributed by atoms with van der Waals surface area (Å²) < 4.78 is 12.0. The predicted molar refractivity (Wildman–Crippen MR) is 110 cm³/mol. The van der Waals surface area contributed by atoms with Crippen molar-refractivity contribution in [1.29, 1.82) is 0 Å². The zero-order valence-corrected chi connectivity index (χ0v) is 16.9. The summed E-state index contributed by atoms with van der Waals surface area (Å²) in [5, 5.41) is 6.01. The van der Waals surface area contributed by atoms with Crippen LogP contribution in [0, 0.1) is 0 Å². The molecule has 0 saturated carbocycles. The Kier molecular flexibility index (Phi) is 4.93. The average Bonchev–Trinajstić information content (AvgIpc) is 3.50. The van der Waals surface area contributed by atoms with Crippen LogP contribution in [0.5, 0.6) is 0 Å². The zero-order valence-electron chi connectivity index (χ0n) is 16.1. The van der Waals surface area contributed by atoms with Gasteiger partial charge in [-0.15, -0.1) is 11.3 Å². The van der Waals surface area contributed by atoms with Gasteiger partial charge >= 0.3 is 5.76 Å². The van der Waals surface area contributed by atoms with Crippen LogP contribution in [0.3, 0.4) is 0 Å². The lowest BCUT2D eigenvalue weighted by molar-refractivity contribution is -0.133. The van der Waals surface area contributed by atoms with E-state index < -0.39 is 5.76 Å². The van der Waals surface area contributed by atoms with Gasteiger partial charge in [0.1, 0.15) is 6.54 Å². The predicted octanol–water partition coefficient (Wildman–Crippen LogP) is 2.05. The number of carbonyl (C=O) groups is 1. The molecule has 1 fully saturated rings. The number of oxazole rings is 1. The van der Waals surface area contributed by atoms with E-state index in [1.807, 2.05) is 23.6 Å². The van der Waals surface area contributed by atoms with E-state index in [0.717, 1.165) is 4.88 Å². The quantitative estimate of drug-likeness (QED) is 0.483. The summed E-state index contributed by atoms with van der Waals surface area (Å²) in [6, 6.07) is 11.0. The lowest BCUT2D eigenvalue weighted by Gasteiger charge is -2.33. The van der Waals surface area contributed by atoms with Crippen molar-refractivity contribution in [2.45, 2.75) is 13.1 Å². The first-order valence-corrected chi connectivity index (χ1v) is 10.5. The van der Waals surface area contributed by atoms with E-state index in [4.69, 9.17) is 8.94 Å². The van der Waals surface area contributed by atoms with Gasteiger partial charge < -0.3 is 13.8 Å². The van der Waals surface area contributed by atoms with E-state index in [2.05, 4.69) is 15.0 Å². The second-order valence-corrected chi connectivity index (χ2v) is 8.02. The van der Waals surface area contributed by atoms with E-state index in [-0.39, 0.29) is 12.5 Å². The van der Waals surface area contributed by atoms with Gasteiger partial charge in [-0.3, -0.25) is 14.3 Å². The van der Waals surface area contributed by atoms with E-state index in [1.54, 1.807) is 34.4 Å².